The van der Waals surface area contributed by atoms with Gasteiger partial charge in [-0.05, 0) is 57.9 Å². The van der Waals surface area contributed by atoms with E-state index in [-0.39, 0.29) is 11.4 Å². The number of carbonyl (C=O) groups excluding carboxylic acids is 2. The first-order chi connectivity index (χ1) is 12.6. The Morgan fingerprint density at radius 2 is 1.89 bits per heavy atom. The van der Waals surface area contributed by atoms with Crippen LogP contribution in [0.3, 0.4) is 0 Å². The molecular formula is C17H13BrF3N3O3. The second-order valence-electron chi connectivity index (χ2n) is 5.31. The monoisotopic (exact) mass is 443 g/mol. The minimum absolute atomic E-state index is 0.0439. The number of carbonyl (C=O) groups is 2. The number of phenols is 1. The van der Waals surface area contributed by atoms with Crippen LogP contribution in [0.4, 0.5) is 18.9 Å². The van der Waals surface area contributed by atoms with Crippen molar-refractivity contribution in [3.63, 3.8) is 0 Å². The van der Waals surface area contributed by atoms with Crippen LogP contribution in [0.25, 0.3) is 0 Å². The van der Waals surface area contributed by atoms with Crippen LogP contribution in [0.2, 0.25) is 0 Å². The number of nitrogens with zero attached hydrogens (tertiary/aromatic N) is 1. The quantitative estimate of drug-likeness (QED) is 0.374. The second kappa shape index (κ2) is 8.67. The van der Waals surface area contributed by atoms with E-state index in [1.165, 1.54) is 18.3 Å². The lowest BCUT2D eigenvalue weighted by Crippen LogP contribution is -2.24. The number of hydrazone groups is 1. The third-order valence-corrected chi connectivity index (χ3v) is 3.80. The van der Waals surface area contributed by atoms with E-state index in [2.05, 4.69) is 31.8 Å². The fraction of sp³-hybridized carbons (Fsp3) is 0.118. The molecule has 0 aromatic heterocycles. The molecule has 6 nitrogen and oxygen atoms in total. The summed E-state index contributed by atoms with van der Waals surface area (Å²) in [4.78, 5) is 23.4. The van der Waals surface area contributed by atoms with Gasteiger partial charge in [0.25, 0.3) is 0 Å². The molecule has 27 heavy (non-hydrogen) atoms. The van der Waals surface area contributed by atoms with Gasteiger partial charge in [-0.3, -0.25) is 9.59 Å². The molecule has 0 aliphatic carbocycles. The number of halogens is 4. The van der Waals surface area contributed by atoms with E-state index in [0.717, 1.165) is 18.2 Å². The fourth-order valence-electron chi connectivity index (χ4n) is 1.95. The molecule has 0 radical (unpaired) electrons. The summed E-state index contributed by atoms with van der Waals surface area (Å²) < 4.78 is 38.3. The van der Waals surface area contributed by atoms with E-state index in [1.54, 1.807) is 12.1 Å². The lowest BCUT2D eigenvalue weighted by atomic mass is 10.2. The Labute approximate surface area is 160 Å². The molecule has 2 rings (SSSR count). The molecule has 0 fully saturated rings. The Bertz CT molecular complexity index is 885. The number of amides is 2. The highest BCUT2D eigenvalue weighted by molar-refractivity contribution is 9.10. The molecular weight excluding hydrogens is 431 g/mol. The minimum Gasteiger partial charge on any atom is -0.507 e. The largest absolute Gasteiger partial charge is 0.507 e. The minimum atomic E-state index is -4.53. The molecule has 0 saturated heterocycles. The number of benzene rings is 2. The van der Waals surface area contributed by atoms with Crippen LogP contribution in [0, 0.1) is 0 Å². The van der Waals surface area contributed by atoms with Gasteiger partial charge in [-0.25, -0.2) is 5.43 Å². The summed E-state index contributed by atoms with van der Waals surface area (Å²) in [7, 11) is 0. The first-order valence-corrected chi connectivity index (χ1v) is 8.22. The topological polar surface area (TPSA) is 90.8 Å². The number of phenolic OH excluding ortho intramolecular Hbond substituents is 1. The van der Waals surface area contributed by atoms with E-state index in [9.17, 15) is 27.9 Å². The van der Waals surface area contributed by atoms with E-state index in [1.807, 2.05) is 0 Å². The number of hydrogen-bond donors (Lipinski definition) is 3. The van der Waals surface area contributed by atoms with Gasteiger partial charge in [0.2, 0.25) is 11.8 Å². The molecule has 10 heteroatoms. The van der Waals surface area contributed by atoms with Crippen LogP contribution in [0.15, 0.2) is 52.0 Å². The number of hydrogen-bond acceptors (Lipinski definition) is 4. The highest BCUT2D eigenvalue weighted by atomic mass is 79.9. The van der Waals surface area contributed by atoms with Gasteiger partial charge in [-0.1, -0.05) is 6.07 Å². The smallest absolute Gasteiger partial charge is 0.416 e. The SMILES string of the molecule is O=C(CC(=O)Nc1cccc(C(F)(F)F)c1)NN=Cc1ccc(O)c(Br)c1. The van der Waals surface area contributed by atoms with Crippen molar-refractivity contribution in [3.8, 4) is 5.75 Å². The number of anilines is 1. The van der Waals surface area contributed by atoms with Crippen LogP contribution in [0.1, 0.15) is 17.5 Å². The molecule has 0 saturated carbocycles. The molecule has 0 atom stereocenters. The molecule has 3 N–H and O–H groups in total. The molecule has 0 aliphatic heterocycles. The van der Waals surface area contributed by atoms with Crippen molar-refractivity contribution in [2.45, 2.75) is 12.6 Å². The lowest BCUT2D eigenvalue weighted by molar-refractivity contribution is -0.137. The summed E-state index contributed by atoms with van der Waals surface area (Å²) in [6.07, 6.45) is -3.85. The normalized spacial score (nSPS) is 11.4. The van der Waals surface area contributed by atoms with Gasteiger partial charge in [0, 0.05) is 5.69 Å². The molecule has 0 unspecified atom stereocenters. The van der Waals surface area contributed by atoms with Gasteiger partial charge >= 0.3 is 6.18 Å². The van der Waals surface area contributed by atoms with E-state index < -0.39 is 30.0 Å². The van der Waals surface area contributed by atoms with Gasteiger partial charge in [-0.2, -0.15) is 18.3 Å². The molecule has 142 valence electrons. The van der Waals surface area contributed by atoms with Gasteiger partial charge in [0.05, 0.1) is 16.3 Å². The Balaban J connectivity index is 1.87. The van der Waals surface area contributed by atoms with Crippen LogP contribution < -0.4 is 10.7 Å². The number of nitrogens with one attached hydrogen (secondary N) is 2. The van der Waals surface area contributed by atoms with Gasteiger partial charge < -0.3 is 10.4 Å². The molecule has 0 spiro atoms. The van der Waals surface area contributed by atoms with Crippen molar-refractivity contribution in [1.82, 2.24) is 5.43 Å². The van der Waals surface area contributed by atoms with Gasteiger partial charge in [-0.15, -0.1) is 0 Å². The number of rotatable bonds is 5. The molecule has 2 amide bonds. The van der Waals surface area contributed by atoms with Crippen LogP contribution in [0.5, 0.6) is 5.75 Å². The Hall–Kier alpha value is -2.88. The fourth-order valence-corrected chi connectivity index (χ4v) is 2.34. The maximum absolute atomic E-state index is 12.6. The summed E-state index contributed by atoms with van der Waals surface area (Å²) in [6, 6.07) is 8.62. The summed E-state index contributed by atoms with van der Waals surface area (Å²) >= 11 is 3.13. The van der Waals surface area contributed by atoms with Crippen molar-refractivity contribution in [3.05, 3.63) is 58.1 Å². The zero-order valence-corrected chi connectivity index (χ0v) is 15.1. The van der Waals surface area contributed by atoms with Crippen molar-refractivity contribution >= 4 is 39.6 Å². The van der Waals surface area contributed by atoms with Gasteiger partial charge in [0.1, 0.15) is 12.2 Å². The summed E-state index contributed by atoms with van der Waals surface area (Å²) in [5.74, 6) is -1.48. The number of alkyl halides is 3. The predicted octanol–water partition coefficient (Wildman–Crippen LogP) is 3.65. The van der Waals surface area contributed by atoms with E-state index >= 15 is 0 Å². The highest BCUT2D eigenvalue weighted by Gasteiger charge is 2.30. The van der Waals surface area contributed by atoms with Crippen molar-refractivity contribution in [2.24, 2.45) is 5.10 Å². The van der Waals surface area contributed by atoms with Crippen LogP contribution in [-0.2, 0) is 15.8 Å². The first kappa shape index (κ1) is 20.4. The average Bonchev–Trinajstić information content (AvgIpc) is 2.57. The van der Waals surface area contributed by atoms with Crippen molar-refractivity contribution in [1.29, 1.82) is 0 Å². The third-order valence-electron chi connectivity index (χ3n) is 3.17. The van der Waals surface area contributed by atoms with Crippen LogP contribution >= 0.6 is 15.9 Å². The molecule has 2 aromatic carbocycles. The molecule has 0 aliphatic rings. The maximum Gasteiger partial charge on any atom is 0.416 e. The number of aromatic hydroxyl groups is 1. The predicted molar refractivity (Wildman–Crippen MR) is 96.2 cm³/mol. The standard InChI is InChI=1S/C17H13BrF3N3O3/c18-13-6-10(4-5-14(13)25)9-22-24-16(27)8-15(26)23-12-3-1-2-11(7-12)17(19,20)21/h1-7,9,25H,8H2,(H,23,26)(H,24,27). The Morgan fingerprint density at radius 1 is 1.15 bits per heavy atom. The zero-order chi connectivity index (χ0) is 20.0. The highest BCUT2D eigenvalue weighted by Crippen LogP contribution is 2.30. The average molecular weight is 444 g/mol. The summed E-state index contributed by atoms with van der Waals surface area (Å²) in [6.45, 7) is 0. The Kier molecular flexibility index (Phi) is 6.56. The lowest BCUT2D eigenvalue weighted by Gasteiger charge is -2.09. The first-order valence-electron chi connectivity index (χ1n) is 7.42. The molecule has 0 bridgehead atoms. The van der Waals surface area contributed by atoms with Gasteiger partial charge in [0.15, 0.2) is 0 Å². The second-order valence-corrected chi connectivity index (χ2v) is 6.16. The zero-order valence-electron chi connectivity index (χ0n) is 13.5. The summed E-state index contributed by atoms with van der Waals surface area (Å²) in [5, 5.41) is 15.3. The van der Waals surface area contributed by atoms with Crippen molar-refractivity contribution in [2.75, 3.05) is 5.32 Å². The van der Waals surface area contributed by atoms with E-state index in [0.29, 0.717) is 10.0 Å². The molecule has 0 heterocycles. The molecule has 2 aromatic rings. The third kappa shape index (κ3) is 6.41. The Morgan fingerprint density at radius 3 is 2.56 bits per heavy atom. The summed E-state index contributed by atoms with van der Waals surface area (Å²) in [5.41, 5.74) is 1.73. The maximum atomic E-state index is 12.6. The van der Waals surface area contributed by atoms with Crippen LogP contribution in [-0.4, -0.2) is 23.1 Å². The van der Waals surface area contributed by atoms with E-state index in [4.69, 9.17) is 0 Å². The van der Waals surface area contributed by atoms with Crippen molar-refractivity contribution < 1.29 is 27.9 Å².